The molecular weight excluding hydrogens is 432 g/mol. The molecule has 4 nitrogen and oxygen atoms in total. The first-order chi connectivity index (χ1) is 12.0. The molecule has 0 saturated carbocycles. The van der Waals surface area contributed by atoms with Crippen LogP contribution in [0.1, 0.15) is 12.8 Å². The summed E-state index contributed by atoms with van der Waals surface area (Å²) in [6.45, 7) is 1.39. The Kier molecular flexibility index (Phi) is 5.78. The van der Waals surface area contributed by atoms with Crippen LogP contribution in [0.3, 0.4) is 0 Å². The number of carbonyl (C=O) groups is 1. The fourth-order valence-corrected chi connectivity index (χ4v) is 3.75. The lowest BCUT2D eigenvalue weighted by Crippen LogP contribution is -2.47. The van der Waals surface area contributed by atoms with Crippen molar-refractivity contribution in [2.75, 3.05) is 30.4 Å². The van der Waals surface area contributed by atoms with Crippen LogP contribution in [0.15, 0.2) is 48.5 Å². The predicted octanol–water partition coefficient (Wildman–Crippen LogP) is 4.56. The second-order valence-electron chi connectivity index (χ2n) is 6.25. The van der Waals surface area contributed by atoms with E-state index >= 15 is 0 Å². The molecule has 0 bridgehead atoms. The van der Waals surface area contributed by atoms with Crippen molar-refractivity contribution in [2.24, 2.45) is 0 Å². The highest BCUT2D eigenvalue weighted by Crippen LogP contribution is 2.25. The number of hydrogen-bond donors (Lipinski definition) is 1. The maximum atomic E-state index is 13.6. The van der Waals surface area contributed by atoms with Gasteiger partial charge in [-0.3, -0.25) is 0 Å². The highest BCUT2D eigenvalue weighted by atomic mass is 127. The number of hydrogen-bond acceptors (Lipinski definition) is 2. The van der Waals surface area contributed by atoms with Gasteiger partial charge in [0.05, 0.1) is 0 Å². The van der Waals surface area contributed by atoms with Gasteiger partial charge in [-0.25, -0.2) is 9.18 Å². The Labute approximate surface area is 161 Å². The Morgan fingerprint density at radius 2 is 1.88 bits per heavy atom. The van der Waals surface area contributed by atoms with E-state index in [1.165, 1.54) is 6.07 Å². The number of anilines is 2. The van der Waals surface area contributed by atoms with Crippen molar-refractivity contribution in [3.8, 4) is 0 Å². The molecule has 1 saturated heterocycles. The standard InChI is InChI=1S/C19H21FIN3O/c1-23(18-12-14(20)11-15(21)13-18)17-7-9-24(10-8-17)19(25)22-16-5-3-2-4-6-16/h2-6,11-13,17H,7-10H2,1H3,(H,22,25). The zero-order valence-corrected chi connectivity index (χ0v) is 16.2. The van der Waals surface area contributed by atoms with Crippen LogP contribution in [0.25, 0.3) is 0 Å². The van der Waals surface area contributed by atoms with E-state index < -0.39 is 0 Å². The number of carbonyl (C=O) groups excluding carboxylic acids is 1. The summed E-state index contributed by atoms with van der Waals surface area (Å²) in [5.41, 5.74) is 1.69. The molecule has 6 heteroatoms. The van der Waals surface area contributed by atoms with E-state index in [1.807, 2.05) is 48.3 Å². The first kappa shape index (κ1) is 18.0. The van der Waals surface area contributed by atoms with Gasteiger partial charge in [0.2, 0.25) is 0 Å². The third-order valence-electron chi connectivity index (χ3n) is 4.58. The molecular formula is C19H21FIN3O. The summed E-state index contributed by atoms with van der Waals surface area (Å²) in [5.74, 6) is -0.214. The van der Waals surface area contributed by atoms with Crippen LogP contribution in [0, 0.1) is 9.39 Å². The molecule has 1 fully saturated rings. The molecule has 1 aliphatic rings. The van der Waals surface area contributed by atoms with Gasteiger partial charge in [-0.2, -0.15) is 0 Å². The zero-order chi connectivity index (χ0) is 17.8. The third kappa shape index (κ3) is 4.62. The van der Waals surface area contributed by atoms with Gasteiger partial charge in [-0.1, -0.05) is 18.2 Å². The molecule has 0 atom stereocenters. The summed E-state index contributed by atoms with van der Waals surface area (Å²) < 4.78 is 14.5. The van der Waals surface area contributed by atoms with Crippen molar-refractivity contribution in [2.45, 2.75) is 18.9 Å². The number of amides is 2. The Hall–Kier alpha value is -1.83. The molecule has 0 aliphatic carbocycles. The molecule has 2 aromatic carbocycles. The van der Waals surface area contributed by atoms with Crippen molar-refractivity contribution in [3.05, 3.63) is 57.9 Å². The van der Waals surface area contributed by atoms with Gasteiger partial charge in [-0.05, 0) is 65.8 Å². The zero-order valence-electron chi connectivity index (χ0n) is 14.1. The largest absolute Gasteiger partial charge is 0.371 e. The molecule has 1 heterocycles. The monoisotopic (exact) mass is 453 g/mol. The molecule has 3 rings (SSSR count). The smallest absolute Gasteiger partial charge is 0.321 e. The summed E-state index contributed by atoms with van der Waals surface area (Å²) in [7, 11) is 2.00. The Morgan fingerprint density at radius 3 is 2.52 bits per heavy atom. The minimum Gasteiger partial charge on any atom is -0.371 e. The molecule has 0 unspecified atom stereocenters. The van der Waals surface area contributed by atoms with Crippen molar-refractivity contribution in [1.29, 1.82) is 0 Å². The SMILES string of the molecule is CN(c1cc(F)cc(I)c1)C1CCN(C(=O)Nc2ccccc2)CC1. The fraction of sp³-hybridized carbons (Fsp3) is 0.316. The van der Waals surface area contributed by atoms with Crippen LogP contribution >= 0.6 is 22.6 Å². The first-order valence-corrected chi connectivity index (χ1v) is 9.41. The summed E-state index contributed by atoms with van der Waals surface area (Å²) >= 11 is 2.13. The highest BCUT2D eigenvalue weighted by molar-refractivity contribution is 14.1. The van der Waals surface area contributed by atoms with Crippen molar-refractivity contribution in [3.63, 3.8) is 0 Å². The van der Waals surface area contributed by atoms with Gasteiger partial charge >= 0.3 is 6.03 Å². The van der Waals surface area contributed by atoms with Gasteiger partial charge in [0.15, 0.2) is 0 Å². The Bertz CT molecular complexity index is 712. The number of urea groups is 1. The van der Waals surface area contributed by atoms with E-state index in [0.717, 1.165) is 27.8 Å². The molecule has 132 valence electrons. The first-order valence-electron chi connectivity index (χ1n) is 8.33. The molecule has 1 aliphatic heterocycles. The van der Waals surface area contributed by atoms with Crippen molar-refractivity contribution in [1.82, 2.24) is 4.90 Å². The van der Waals surface area contributed by atoms with Gasteiger partial charge in [0, 0.05) is 41.1 Å². The molecule has 25 heavy (non-hydrogen) atoms. The second-order valence-corrected chi connectivity index (χ2v) is 7.50. The average molecular weight is 453 g/mol. The number of piperidine rings is 1. The lowest BCUT2D eigenvalue weighted by molar-refractivity contribution is 0.194. The van der Waals surface area contributed by atoms with Crippen molar-refractivity contribution >= 4 is 40.0 Å². The van der Waals surface area contributed by atoms with E-state index in [-0.39, 0.29) is 11.8 Å². The van der Waals surface area contributed by atoms with Crippen LogP contribution in [-0.2, 0) is 0 Å². The van der Waals surface area contributed by atoms with Gasteiger partial charge in [-0.15, -0.1) is 0 Å². The Morgan fingerprint density at radius 1 is 1.20 bits per heavy atom. The lowest BCUT2D eigenvalue weighted by Gasteiger charge is -2.37. The number of para-hydroxylation sites is 1. The minimum absolute atomic E-state index is 0.0624. The van der Waals surface area contributed by atoms with E-state index in [0.29, 0.717) is 19.1 Å². The van der Waals surface area contributed by atoms with E-state index in [9.17, 15) is 9.18 Å². The van der Waals surface area contributed by atoms with E-state index in [2.05, 4.69) is 32.8 Å². The number of nitrogens with one attached hydrogen (secondary N) is 1. The molecule has 0 radical (unpaired) electrons. The predicted molar refractivity (Wildman–Crippen MR) is 108 cm³/mol. The fourth-order valence-electron chi connectivity index (χ4n) is 3.13. The Balaban J connectivity index is 1.57. The van der Waals surface area contributed by atoms with E-state index in [4.69, 9.17) is 0 Å². The quantitative estimate of drug-likeness (QED) is 0.692. The molecule has 1 N–H and O–H groups in total. The molecule has 0 spiro atoms. The number of likely N-dealkylation sites (tertiary alicyclic amines) is 1. The maximum Gasteiger partial charge on any atom is 0.321 e. The van der Waals surface area contributed by atoms with E-state index in [1.54, 1.807) is 6.07 Å². The van der Waals surface area contributed by atoms with Crippen LogP contribution in [0.5, 0.6) is 0 Å². The number of nitrogens with zero attached hydrogens (tertiary/aromatic N) is 2. The van der Waals surface area contributed by atoms with Crippen molar-refractivity contribution < 1.29 is 9.18 Å². The summed E-state index contributed by atoms with van der Waals surface area (Å²) in [6, 6.07) is 14.8. The van der Waals surface area contributed by atoms with Crippen LogP contribution in [-0.4, -0.2) is 37.1 Å². The number of benzene rings is 2. The van der Waals surface area contributed by atoms with Crippen LogP contribution < -0.4 is 10.2 Å². The minimum atomic E-state index is -0.214. The summed E-state index contributed by atoms with van der Waals surface area (Å²) in [5, 5.41) is 2.93. The molecule has 2 aromatic rings. The summed E-state index contributed by atoms with van der Waals surface area (Å²) in [6.07, 6.45) is 1.73. The lowest BCUT2D eigenvalue weighted by atomic mass is 10.0. The average Bonchev–Trinajstić information content (AvgIpc) is 2.61. The maximum absolute atomic E-state index is 13.6. The highest BCUT2D eigenvalue weighted by Gasteiger charge is 2.25. The number of rotatable bonds is 3. The molecule has 0 aromatic heterocycles. The van der Waals surface area contributed by atoms with Crippen LogP contribution in [0.2, 0.25) is 0 Å². The number of halogens is 2. The van der Waals surface area contributed by atoms with Gasteiger partial charge in [0.25, 0.3) is 0 Å². The second kappa shape index (κ2) is 8.03. The third-order valence-corrected chi connectivity index (χ3v) is 5.20. The van der Waals surface area contributed by atoms with Crippen LogP contribution in [0.4, 0.5) is 20.6 Å². The summed E-state index contributed by atoms with van der Waals surface area (Å²) in [4.78, 5) is 16.3. The van der Waals surface area contributed by atoms with Gasteiger partial charge in [0.1, 0.15) is 5.82 Å². The molecule has 2 amide bonds. The normalized spacial score (nSPS) is 15.1. The van der Waals surface area contributed by atoms with Gasteiger partial charge < -0.3 is 15.1 Å². The topological polar surface area (TPSA) is 35.6 Å².